The monoisotopic (exact) mass is 340 g/mol. The molecule has 3 aliphatic carbocycles. The number of aromatic amines is 1. The number of fused-ring (bicyclic) bond motifs is 5. The van der Waals surface area contributed by atoms with Gasteiger partial charge in [-0.25, -0.2) is 0 Å². The third-order valence-corrected chi connectivity index (χ3v) is 6.52. The Labute approximate surface area is 145 Å². The van der Waals surface area contributed by atoms with Gasteiger partial charge in [-0.05, 0) is 80.3 Å². The van der Waals surface area contributed by atoms with Crippen LogP contribution in [0.4, 0.5) is 5.69 Å². The highest BCUT2D eigenvalue weighted by Gasteiger charge is 2.67. The number of aryl methyl sites for hydroxylation is 1. The van der Waals surface area contributed by atoms with Crippen LogP contribution in [0.5, 0.6) is 0 Å². The molecule has 0 spiro atoms. The van der Waals surface area contributed by atoms with Crippen LogP contribution in [0.15, 0.2) is 24.3 Å². The van der Waals surface area contributed by atoms with Gasteiger partial charge in [0.15, 0.2) is 4.77 Å². The molecule has 24 heavy (non-hydrogen) atoms. The summed E-state index contributed by atoms with van der Waals surface area (Å²) in [5, 5.41) is 10.1. The third-order valence-electron chi connectivity index (χ3n) is 6.25. The first-order valence-electron chi connectivity index (χ1n) is 8.69. The molecule has 0 radical (unpaired) electrons. The van der Waals surface area contributed by atoms with Crippen molar-refractivity contribution in [3.8, 4) is 5.69 Å². The molecule has 5 atom stereocenters. The fraction of sp³-hybridized carbons (Fsp3) is 0.500. The summed E-state index contributed by atoms with van der Waals surface area (Å²) in [6, 6.07) is 7.81. The summed E-state index contributed by atoms with van der Waals surface area (Å²) in [6.45, 7) is 1.90. The highest BCUT2D eigenvalue weighted by Crippen LogP contribution is 2.69. The number of amides is 1. The number of aromatic nitrogens is 3. The van der Waals surface area contributed by atoms with Crippen molar-refractivity contribution in [2.75, 3.05) is 5.32 Å². The molecular weight excluding hydrogens is 320 g/mol. The Morgan fingerprint density at radius 2 is 2.08 bits per heavy atom. The lowest BCUT2D eigenvalue weighted by molar-refractivity contribution is -0.118. The van der Waals surface area contributed by atoms with Gasteiger partial charge in [-0.3, -0.25) is 14.5 Å². The number of nitrogens with one attached hydrogen (secondary N) is 2. The van der Waals surface area contributed by atoms with Crippen molar-refractivity contribution in [1.82, 2.24) is 14.8 Å². The quantitative estimate of drug-likeness (QED) is 0.841. The highest BCUT2D eigenvalue weighted by atomic mass is 32.1. The Morgan fingerprint density at radius 3 is 2.75 bits per heavy atom. The number of hydrogen-bond donors (Lipinski definition) is 2. The van der Waals surface area contributed by atoms with Crippen LogP contribution in [-0.2, 0) is 4.79 Å². The number of nitrogens with zero attached hydrogens (tertiary/aromatic N) is 2. The summed E-state index contributed by atoms with van der Waals surface area (Å²) < 4.78 is 2.43. The lowest BCUT2D eigenvalue weighted by Gasteiger charge is -2.11. The van der Waals surface area contributed by atoms with Gasteiger partial charge in [0.2, 0.25) is 5.91 Å². The largest absolute Gasteiger partial charge is 0.326 e. The Balaban J connectivity index is 1.36. The average molecular weight is 340 g/mol. The number of H-pyrrole nitrogens is 1. The first-order chi connectivity index (χ1) is 11.6. The topological polar surface area (TPSA) is 62.7 Å². The van der Waals surface area contributed by atoms with E-state index in [1.54, 1.807) is 0 Å². The molecule has 2 bridgehead atoms. The van der Waals surface area contributed by atoms with Gasteiger partial charge >= 0.3 is 0 Å². The van der Waals surface area contributed by atoms with Crippen LogP contribution in [0.1, 0.15) is 25.1 Å². The molecule has 1 aromatic carbocycles. The normalized spacial score (nSPS) is 32.6. The second-order valence-electron chi connectivity index (χ2n) is 7.46. The molecule has 1 aromatic heterocycles. The SMILES string of the molecule is Cc1n[nH]c(=S)n1-c1cccc(NC(=O)C2[C@@H]3[C@H]4CC[C@@H](C4)[C@H]23)c1. The maximum absolute atomic E-state index is 12.7. The maximum Gasteiger partial charge on any atom is 0.228 e. The van der Waals surface area contributed by atoms with Crippen molar-refractivity contribution in [3.63, 3.8) is 0 Å². The minimum absolute atomic E-state index is 0.200. The number of carbonyl (C=O) groups is 1. The second kappa shape index (κ2) is 5.02. The molecule has 5 nitrogen and oxygen atoms in total. The zero-order valence-corrected chi connectivity index (χ0v) is 14.3. The third kappa shape index (κ3) is 2.02. The maximum atomic E-state index is 12.7. The fourth-order valence-corrected chi connectivity index (χ4v) is 5.59. The summed E-state index contributed by atoms with van der Waals surface area (Å²) in [7, 11) is 0. The van der Waals surface area contributed by atoms with Gasteiger partial charge in [-0.1, -0.05) is 6.07 Å². The first-order valence-corrected chi connectivity index (χ1v) is 9.09. The van der Waals surface area contributed by atoms with E-state index in [1.807, 2.05) is 35.8 Å². The van der Waals surface area contributed by atoms with E-state index >= 15 is 0 Å². The number of benzene rings is 1. The van der Waals surface area contributed by atoms with Crippen LogP contribution in [-0.4, -0.2) is 20.7 Å². The van der Waals surface area contributed by atoms with Crippen LogP contribution in [0.25, 0.3) is 5.69 Å². The predicted molar refractivity (Wildman–Crippen MR) is 93.4 cm³/mol. The van der Waals surface area contributed by atoms with Crippen molar-refractivity contribution in [1.29, 1.82) is 0 Å². The molecule has 1 heterocycles. The molecule has 6 heteroatoms. The first kappa shape index (κ1) is 14.4. The van der Waals surface area contributed by atoms with Crippen LogP contribution < -0.4 is 5.32 Å². The summed E-state index contributed by atoms with van der Waals surface area (Å²) in [5.74, 6) is 4.21. The van der Waals surface area contributed by atoms with E-state index < -0.39 is 0 Å². The molecule has 3 fully saturated rings. The zero-order valence-electron chi connectivity index (χ0n) is 13.5. The molecule has 124 valence electrons. The number of rotatable bonds is 3. The van der Waals surface area contributed by atoms with E-state index in [4.69, 9.17) is 12.2 Å². The minimum atomic E-state index is 0.200. The van der Waals surface area contributed by atoms with Crippen LogP contribution in [0.2, 0.25) is 0 Å². The van der Waals surface area contributed by atoms with Gasteiger partial charge in [0, 0.05) is 11.6 Å². The number of carbonyl (C=O) groups excluding carboxylic acids is 1. The van der Waals surface area contributed by atoms with Crippen molar-refractivity contribution in [3.05, 3.63) is 34.9 Å². The molecular formula is C18H20N4OS. The summed E-state index contributed by atoms with van der Waals surface area (Å²) in [4.78, 5) is 12.7. The molecule has 1 unspecified atom stereocenters. The lowest BCUT2D eigenvalue weighted by atomic mass is 10.0. The predicted octanol–water partition coefficient (Wildman–Crippen LogP) is 3.47. The van der Waals surface area contributed by atoms with E-state index in [-0.39, 0.29) is 11.8 Å². The number of anilines is 1. The van der Waals surface area contributed by atoms with Crippen LogP contribution in [0, 0.1) is 41.3 Å². The van der Waals surface area contributed by atoms with Gasteiger partial charge in [0.25, 0.3) is 0 Å². The average Bonchev–Trinajstić information content (AvgIpc) is 2.83. The van der Waals surface area contributed by atoms with Crippen LogP contribution >= 0.6 is 12.2 Å². The Kier molecular flexibility index (Phi) is 3.01. The van der Waals surface area contributed by atoms with Gasteiger partial charge in [0.05, 0.1) is 5.69 Å². The zero-order chi connectivity index (χ0) is 16.4. The van der Waals surface area contributed by atoms with Crippen molar-refractivity contribution < 1.29 is 4.79 Å². The van der Waals surface area contributed by atoms with E-state index in [0.717, 1.165) is 29.0 Å². The molecule has 2 N–H and O–H groups in total. The highest BCUT2D eigenvalue weighted by molar-refractivity contribution is 7.71. The van der Waals surface area contributed by atoms with Gasteiger partial charge in [-0.2, -0.15) is 5.10 Å². The van der Waals surface area contributed by atoms with E-state index in [9.17, 15) is 4.79 Å². The van der Waals surface area contributed by atoms with Crippen molar-refractivity contribution in [2.24, 2.45) is 29.6 Å². The second-order valence-corrected chi connectivity index (χ2v) is 7.85. The molecule has 1 amide bonds. The van der Waals surface area contributed by atoms with E-state index in [2.05, 4.69) is 15.5 Å². The molecule has 5 rings (SSSR count). The van der Waals surface area contributed by atoms with Gasteiger partial charge in [-0.15, -0.1) is 0 Å². The Bertz CT molecular complexity index is 869. The van der Waals surface area contributed by atoms with Crippen molar-refractivity contribution in [2.45, 2.75) is 26.2 Å². The van der Waals surface area contributed by atoms with E-state index in [0.29, 0.717) is 16.6 Å². The standard InChI is InChI=1S/C18H20N4OS/c1-9-20-21-18(24)22(9)13-4-2-3-12(8-13)19-17(23)16-14-10-5-6-11(7-10)15(14)16/h2-4,8,10-11,14-16H,5-7H2,1H3,(H,19,23)(H,21,24)/t10-,11-,14-,15+,16?/m0/s1. The van der Waals surface area contributed by atoms with Crippen molar-refractivity contribution >= 4 is 23.8 Å². The molecule has 3 aliphatic rings. The minimum Gasteiger partial charge on any atom is -0.326 e. The summed E-state index contributed by atoms with van der Waals surface area (Å²) in [5.41, 5.74) is 1.75. The molecule has 0 aliphatic heterocycles. The number of hydrogen-bond acceptors (Lipinski definition) is 3. The molecule has 3 saturated carbocycles. The van der Waals surface area contributed by atoms with Gasteiger partial charge in [0.1, 0.15) is 5.82 Å². The molecule has 0 saturated heterocycles. The van der Waals surface area contributed by atoms with E-state index in [1.165, 1.54) is 19.3 Å². The smallest absolute Gasteiger partial charge is 0.228 e. The van der Waals surface area contributed by atoms with Crippen LogP contribution in [0.3, 0.4) is 0 Å². The lowest BCUT2D eigenvalue weighted by Crippen LogP contribution is -2.18. The Hall–Kier alpha value is -1.95. The molecule has 2 aromatic rings. The van der Waals surface area contributed by atoms with Gasteiger partial charge < -0.3 is 5.32 Å². The fourth-order valence-electron chi connectivity index (χ4n) is 5.30. The summed E-state index contributed by atoms with van der Waals surface area (Å²) in [6.07, 6.45) is 4.04. The Morgan fingerprint density at radius 1 is 1.33 bits per heavy atom. The summed E-state index contributed by atoms with van der Waals surface area (Å²) >= 11 is 5.28.